The number of aromatic nitrogens is 2. The molecule has 1 aromatic heterocycles. The Morgan fingerprint density at radius 2 is 1.90 bits per heavy atom. The molecule has 1 N–H and O–H groups in total. The van der Waals surface area contributed by atoms with Crippen molar-refractivity contribution >= 4 is 22.5 Å². The maximum absolute atomic E-state index is 12.1. The lowest BCUT2D eigenvalue weighted by Crippen LogP contribution is -2.41. The largest absolute Gasteiger partial charge is 0.324 e. The van der Waals surface area contributed by atoms with E-state index in [2.05, 4.69) is 15.3 Å². The van der Waals surface area contributed by atoms with Gasteiger partial charge in [0.05, 0.1) is 18.1 Å². The summed E-state index contributed by atoms with van der Waals surface area (Å²) in [7, 11) is 0.739. The summed E-state index contributed by atoms with van der Waals surface area (Å²) in [4.78, 5) is 22.1. The van der Waals surface area contributed by atoms with Gasteiger partial charge < -0.3 is 10.2 Å². The molecule has 0 saturated carbocycles. The summed E-state index contributed by atoms with van der Waals surface area (Å²) >= 11 is 0. The van der Waals surface area contributed by atoms with Crippen LogP contribution in [0.15, 0.2) is 12.4 Å². The third-order valence-electron chi connectivity index (χ3n) is 3.03. The summed E-state index contributed by atoms with van der Waals surface area (Å²) < 4.78 is 11.2. The highest BCUT2D eigenvalue weighted by Gasteiger charge is 2.19. The summed E-state index contributed by atoms with van der Waals surface area (Å²) in [5.41, 5.74) is 0.420. The van der Waals surface area contributed by atoms with E-state index in [-0.39, 0.29) is 17.5 Å². The van der Waals surface area contributed by atoms with Crippen molar-refractivity contribution in [3.63, 3.8) is 0 Å². The molecule has 0 aliphatic rings. The molecule has 0 fully saturated rings. The Labute approximate surface area is 128 Å². The van der Waals surface area contributed by atoms with Crippen molar-refractivity contribution in [2.24, 2.45) is 0 Å². The maximum atomic E-state index is 12.1. The van der Waals surface area contributed by atoms with Crippen LogP contribution in [0.4, 0.5) is 10.5 Å². The molecule has 7 heteroatoms. The van der Waals surface area contributed by atoms with E-state index in [1.54, 1.807) is 25.7 Å². The summed E-state index contributed by atoms with van der Waals surface area (Å²) in [6.07, 6.45) is 4.82. The number of rotatable bonds is 4. The summed E-state index contributed by atoms with van der Waals surface area (Å²) in [5.74, 6) is 1.17. The van der Waals surface area contributed by atoms with Gasteiger partial charge in [-0.15, -0.1) is 0 Å². The zero-order valence-corrected chi connectivity index (χ0v) is 14.3. The van der Waals surface area contributed by atoms with Gasteiger partial charge in [0.15, 0.2) is 0 Å². The number of carbonyl (C=O) groups excluding carboxylic acids is 1. The van der Waals surface area contributed by atoms with Crippen molar-refractivity contribution in [1.82, 2.24) is 14.9 Å². The van der Waals surface area contributed by atoms with Crippen LogP contribution in [-0.2, 0) is 16.2 Å². The van der Waals surface area contributed by atoms with Crippen LogP contribution in [0, 0.1) is 0 Å². The van der Waals surface area contributed by atoms with Crippen LogP contribution >= 0.6 is 0 Å². The van der Waals surface area contributed by atoms with Gasteiger partial charge in [-0.25, -0.2) is 14.8 Å². The van der Waals surface area contributed by atoms with Crippen LogP contribution in [0.5, 0.6) is 0 Å². The minimum absolute atomic E-state index is 0.106. The summed E-state index contributed by atoms with van der Waals surface area (Å²) in [6, 6.07) is -0.370. The van der Waals surface area contributed by atoms with E-state index in [1.165, 1.54) is 4.90 Å². The van der Waals surface area contributed by atoms with Gasteiger partial charge in [0, 0.05) is 41.3 Å². The van der Waals surface area contributed by atoms with Crippen LogP contribution in [-0.4, -0.2) is 50.2 Å². The van der Waals surface area contributed by atoms with Gasteiger partial charge in [-0.2, -0.15) is 0 Å². The molecule has 0 radical (unpaired) electrons. The van der Waals surface area contributed by atoms with Crippen LogP contribution < -0.4 is 5.32 Å². The molecule has 1 aromatic rings. The van der Waals surface area contributed by atoms with Crippen molar-refractivity contribution < 1.29 is 9.00 Å². The average molecular weight is 312 g/mol. The third kappa shape index (κ3) is 5.41. The van der Waals surface area contributed by atoms with Crippen LogP contribution in [0.3, 0.4) is 0 Å². The van der Waals surface area contributed by atoms with E-state index in [9.17, 15) is 9.00 Å². The normalized spacial score (nSPS) is 14.4. The highest BCUT2D eigenvalue weighted by atomic mass is 32.2. The van der Waals surface area contributed by atoms with Crippen molar-refractivity contribution in [2.75, 3.05) is 24.4 Å². The minimum atomic E-state index is -0.939. The first-order valence-corrected chi connectivity index (χ1v) is 8.50. The Morgan fingerprint density at radius 1 is 1.38 bits per heavy atom. The smallest absolute Gasteiger partial charge is 0.321 e. The van der Waals surface area contributed by atoms with Crippen LogP contribution in [0.2, 0.25) is 0 Å². The summed E-state index contributed by atoms with van der Waals surface area (Å²) in [5, 5.41) is 2.74. The Morgan fingerprint density at radius 3 is 2.33 bits per heavy atom. The summed E-state index contributed by atoms with van der Waals surface area (Å²) in [6.45, 7) is 7.95. The van der Waals surface area contributed by atoms with E-state index in [1.807, 2.05) is 27.7 Å². The number of hydrogen-bond donors (Lipinski definition) is 1. The highest BCUT2D eigenvalue weighted by Crippen LogP contribution is 2.18. The molecule has 0 aliphatic carbocycles. The molecule has 0 saturated heterocycles. The zero-order chi connectivity index (χ0) is 16.2. The molecule has 0 aliphatic heterocycles. The molecule has 118 valence electrons. The molecule has 2 atom stereocenters. The Kier molecular flexibility index (Phi) is 5.83. The molecule has 2 amide bonds. The standard InChI is InChI=1S/C14H24N4O2S/c1-10(9-21(6)20)18(5)13(19)17-11-7-15-12(16-8-11)14(2,3)4/h7-8,10H,9H2,1-6H3,(H,17,19)/t10-,21-/m0/s1. The predicted octanol–water partition coefficient (Wildman–Crippen LogP) is 2.00. The molecule has 0 spiro atoms. The molecular weight excluding hydrogens is 288 g/mol. The first-order chi connectivity index (χ1) is 9.61. The lowest BCUT2D eigenvalue weighted by molar-refractivity contribution is 0.212. The fraction of sp³-hybridized carbons (Fsp3) is 0.643. The Hall–Kier alpha value is -1.50. The van der Waals surface area contributed by atoms with Gasteiger partial charge >= 0.3 is 6.03 Å². The number of hydrogen-bond acceptors (Lipinski definition) is 4. The molecule has 0 aromatic carbocycles. The van der Waals surface area contributed by atoms with Crippen molar-refractivity contribution in [2.45, 2.75) is 39.2 Å². The lowest BCUT2D eigenvalue weighted by atomic mass is 9.96. The monoisotopic (exact) mass is 312 g/mol. The highest BCUT2D eigenvalue weighted by molar-refractivity contribution is 7.84. The van der Waals surface area contributed by atoms with Crippen LogP contribution in [0.1, 0.15) is 33.5 Å². The lowest BCUT2D eigenvalue weighted by Gasteiger charge is -2.24. The zero-order valence-electron chi connectivity index (χ0n) is 13.5. The van der Waals surface area contributed by atoms with Gasteiger partial charge in [-0.1, -0.05) is 20.8 Å². The number of nitrogens with zero attached hydrogens (tertiary/aromatic N) is 3. The van der Waals surface area contributed by atoms with E-state index >= 15 is 0 Å². The average Bonchev–Trinajstić information content (AvgIpc) is 2.36. The number of nitrogens with one attached hydrogen (secondary N) is 1. The second-order valence-electron chi connectivity index (χ2n) is 6.18. The topological polar surface area (TPSA) is 75.2 Å². The molecule has 1 rings (SSSR count). The van der Waals surface area contributed by atoms with Crippen molar-refractivity contribution in [3.8, 4) is 0 Å². The van der Waals surface area contributed by atoms with Gasteiger partial charge in [-0.3, -0.25) is 4.21 Å². The predicted molar refractivity (Wildman–Crippen MR) is 85.9 cm³/mol. The number of carbonyl (C=O) groups is 1. The van der Waals surface area contributed by atoms with Gasteiger partial charge in [0.1, 0.15) is 5.82 Å². The Bertz CT molecular complexity index is 511. The quantitative estimate of drug-likeness (QED) is 0.922. The fourth-order valence-corrected chi connectivity index (χ4v) is 2.55. The first-order valence-electron chi connectivity index (χ1n) is 6.77. The molecule has 21 heavy (non-hydrogen) atoms. The van der Waals surface area contributed by atoms with Gasteiger partial charge in [0.25, 0.3) is 0 Å². The van der Waals surface area contributed by atoms with E-state index in [0.29, 0.717) is 11.4 Å². The number of amides is 2. The fourth-order valence-electron chi connectivity index (χ4n) is 1.64. The van der Waals surface area contributed by atoms with Gasteiger partial charge in [-0.05, 0) is 6.92 Å². The molecule has 1 heterocycles. The number of anilines is 1. The second kappa shape index (κ2) is 6.98. The number of urea groups is 1. The molecule has 6 nitrogen and oxygen atoms in total. The minimum Gasteiger partial charge on any atom is -0.324 e. The van der Waals surface area contributed by atoms with E-state index in [0.717, 1.165) is 5.82 Å². The van der Waals surface area contributed by atoms with Crippen molar-refractivity contribution in [1.29, 1.82) is 0 Å². The van der Waals surface area contributed by atoms with E-state index in [4.69, 9.17) is 0 Å². The molecule has 0 unspecified atom stereocenters. The second-order valence-corrected chi connectivity index (χ2v) is 7.66. The SMILES string of the molecule is C[C@@H](C[S@](C)=O)N(C)C(=O)Nc1cnc(C(C)(C)C)nc1. The van der Waals surface area contributed by atoms with Crippen molar-refractivity contribution in [3.05, 3.63) is 18.2 Å². The first kappa shape index (κ1) is 17.6. The van der Waals surface area contributed by atoms with Crippen LogP contribution in [0.25, 0.3) is 0 Å². The van der Waals surface area contributed by atoms with Gasteiger partial charge in [0.2, 0.25) is 0 Å². The molecular formula is C14H24N4O2S. The molecule has 0 bridgehead atoms. The van der Waals surface area contributed by atoms with E-state index < -0.39 is 10.8 Å². The third-order valence-corrected chi connectivity index (χ3v) is 3.98. The Balaban J connectivity index is 2.68. The maximum Gasteiger partial charge on any atom is 0.321 e.